The van der Waals surface area contributed by atoms with Gasteiger partial charge in [0.05, 0.1) is 34.4 Å². The van der Waals surface area contributed by atoms with Crippen molar-refractivity contribution >= 4 is 12.4 Å². The summed E-state index contributed by atoms with van der Waals surface area (Å²) in [4.78, 5) is 20.1. The molecule has 0 saturated heterocycles. The summed E-state index contributed by atoms with van der Waals surface area (Å²) in [5, 5.41) is 16.5. The number of carbonyl (C=O) groups is 2. The van der Waals surface area contributed by atoms with E-state index in [4.69, 9.17) is 28.8 Å². The van der Waals surface area contributed by atoms with E-state index in [1.807, 2.05) is 30.3 Å². The third kappa shape index (κ3) is 7.20. The Morgan fingerprint density at radius 1 is 0.867 bits per heavy atom. The van der Waals surface area contributed by atoms with Gasteiger partial charge in [-0.1, -0.05) is 12.1 Å². The molecule has 0 bridgehead atoms. The molecule has 2 aromatic rings. The Balaban J connectivity index is 0.00000141. The maximum atomic E-state index is 11.7. The van der Waals surface area contributed by atoms with Gasteiger partial charge in [0.2, 0.25) is 0 Å². The maximum Gasteiger partial charge on any atom is 0.306 e. The molecule has 0 aliphatic rings. The third-order valence-corrected chi connectivity index (χ3v) is 4.51. The standard InChI is InChI=1S/C21H26O6.CH2O2/c1-24-17-9-6-14(12-19(17)26-3)5-8-16(21(22)23)11-15-7-10-18(25-2)20(13-15)27-4;2-1-3/h6-7,9-10,12-13,16H,5,8,11H2,1-4H3,(H,22,23);1H,(H,2,3). The summed E-state index contributed by atoms with van der Waals surface area (Å²) in [7, 11) is 6.30. The van der Waals surface area contributed by atoms with Crippen molar-refractivity contribution < 1.29 is 38.7 Å². The van der Waals surface area contributed by atoms with Crippen molar-refractivity contribution in [3.05, 3.63) is 47.5 Å². The van der Waals surface area contributed by atoms with Gasteiger partial charge in [0, 0.05) is 0 Å². The fourth-order valence-corrected chi connectivity index (χ4v) is 2.98. The van der Waals surface area contributed by atoms with Crippen LogP contribution in [0.4, 0.5) is 0 Å². The topological polar surface area (TPSA) is 112 Å². The lowest BCUT2D eigenvalue weighted by Crippen LogP contribution is -2.17. The Morgan fingerprint density at radius 3 is 1.73 bits per heavy atom. The van der Waals surface area contributed by atoms with Crippen molar-refractivity contribution in [2.45, 2.75) is 19.3 Å². The number of aryl methyl sites for hydroxylation is 1. The second-order valence-electron chi connectivity index (χ2n) is 6.26. The molecule has 2 rings (SSSR count). The molecular weight excluding hydrogens is 392 g/mol. The molecule has 8 heteroatoms. The predicted octanol–water partition coefficient (Wildman–Crippen LogP) is 3.30. The first-order valence-corrected chi connectivity index (χ1v) is 9.16. The molecule has 164 valence electrons. The first kappa shape index (κ1) is 24.6. The van der Waals surface area contributed by atoms with Crippen molar-refractivity contribution in [3.8, 4) is 23.0 Å². The van der Waals surface area contributed by atoms with Gasteiger partial charge in [0.1, 0.15) is 0 Å². The molecule has 1 atom stereocenters. The quantitative estimate of drug-likeness (QED) is 0.563. The first-order valence-electron chi connectivity index (χ1n) is 9.16. The van der Waals surface area contributed by atoms with Crippen LogP contribution in [0, 0.1) is 5.92 Å². The highest BCUT2D eigenvalue weighted by molar-refractivity contribution is 5.70. The minimum atomic E-state index is -0.815. The lowest BCUT2D eigenvalue weighted by atomic mass is 9.92. The van der Waals surface area contributed by atoms with Gasteiger partial charge >= 0.3 is 5.97 Å². The molecule has 0 aliphatic heterocycles. The number of rotatable bonds is 10. The van der Waals surface area contributed by atoms with Crippen molar-refractivity contribution in [2.24, 2.45) is 5.92 Å². The maximum absolute atomic E-state index is 11.7. The summed E-state index contributed by atoms with van der Waals surface area (Å²) in [5.74, 6) is 1.20. The molecule has 0 fully saturated rings. The molecule has 1 unspecified atom stereocenters. The van der Waals surface area contributed by atoms with Gasteiger partial charge < -0.3 is 29.2 Å². The monoisotopic (exact) mass is 420 g/mol. The molecule has 0 saturated carbocycles. The van der Waals surface area contributed by atoms with Crippen molar-refractivity contribution in [1.29, 1.82) is 0 Å². The highest BCUT2D eigenvalue weighted by Gasteiger charge is 2.19. The summed E-state index contributed by atoms with van der Waals surface area (Å²) in [6.07, 6.45) is 1.56. The molecule has 8 nitrogen and oxygen atoms in total. The number of carboxylic acids is 1. The number of hydrogen-bond donors (Lipinski definition) is 2. The Bertz CT molecular complexity index is 819. The number of hydrogen-bond acceptors (Lipinski definition) is 6. The Labute approximate surface area is 176 Å². The Morgan fingerprint density at radius 2 is 1.30 bits per heavy atom. The molecule has 0 heterocycles. The SMILES string of the molecule is COc1ccc(CCC(Cc2ccc(OC)c(OC)c2)C(=O)O)cc1OC.O=CO. The molecule has 0 radical (unpaired) electrons. The van der Waals surface area contributed by atoms with Gasteiger partial charge in [-0.15, -0.1) is 0 Å². The van der Waals surface area contributed by atoms with Gasteiger partial charge in [-0.25, -0.2) is 0 Å². The lowest BCUT2D eigenvalue weighted by molar-refractivity contribution is -0.141. The van der Waals surface area contributed by atoms with Gasteiger partial charge in [0.15, 0.2) is 23.0 Å². The number of ether oxygens (including phenoxy) is 4. The van der Waals surface area contributed by atoms with Gasteiger partial charge in [0.25, 0.3) is 6.47 Å². The van der Waals surface area contributed by atoms with E-state index < -0.39 is 11.9 Å². The minimum absolute atomic E-state index is 0.250. The van der Waals surface area contributed by atoms with Crippen LogP contribution in [0.2, 0.25) is 0 Å². The molecule has 0 amide bonds. The van der Waals surface area contributed by atoms with Crippen LogP contribution in [-0.4, -0.2) is 51.1 Å². The molecule has 30 heavy (non-hydrogen) atoms. The fourth-order valence-electron chi connectivity index (χ4n) is 2.98. The van der Waals surface area contributed by atoms with E-state index >= 15 is 0 Å². The van der Waals surface area contributed by atoms with E-state index in [0.717, 1.165) is 11.1 Å². The normalized spacial score (nSPS) is 10.8. The van der Waals surface area contributed by atoms with E-state index in [-0.39, 0.29) is 6.47 Å². The van der Waals surface area contributed by atoms with E-state index in [1.54, 1.807) is 34.5 Å². The summed E-state index contributed by atoms with van der Waals surface area (Å²) in [5.41, 5.74) is 1.90. The summed E-state index contributed by atoms with van der Waals surface area (Å²) in [6, 6.07) is 11.1. The zero-order chi connectivity index (χ0) is 22.5. The number of carboxylic acid groups (broad SMARTS) is 2. The van der Waals surface area contributed by atoms with Crippen LogP contribution in [0.3, 0.4) is 0 Å². The van der Waals surface area contributed by atoms with Crippen molar-refractivity contribution in [2.75, 3.05) is 28.4 Å². The minimum Gasteiger partial charge on any atom is -0.493 e. The second-order valence-corrected chi connectivity index (χ2v) is 6.26. The fraction of sp³-hybridized carbons (Fsp3) is 0.364. The van der Waals surface area contributed by atoms with Gasteiger partial charge in [-0.05, 0) is 54.7 Å². The third-order valence-electron chi connectivity index (χ3n) is 4.51. The van der Waals surface area contributed by atoms with Gasteiger partial charge in [-0.2, -0.15) is 0 Å². The number of aliphatic carboxylic acids is 1. The predicted molar refractivity (Wildman–Crippen MR) is 111 cm³/mol. The molecule has 0 aliphatic carbocycles. The molecule has 0 spiro atoms. The Hall–Kier alpha value is -3.42. The largest absolute Gasteiger partial charge is 0.493 e. The summed E-state index contributed by atoms with van der Waals surface area (Å²) < 4.78 is 21.1. The zero-order valence-electron chi connectivity index (χ0n) is 17.6. The van der Waals surface area contributed by atoms with Crippen LogP contribution >= 0.6 is 0 Å². The van der Waals surface area contributed by atoms with Crippen LogP contribution in [-0.2, 0) is 22.4 Å². The number of methoxy groups -OCH3 is 4. The average molecular weight is 420 g/mol. The smallest absolute Gasteiger partial charge is 0.306 e. The number of benzene rings is 2. The average Bonchev–Trinajstić information content (AvgIpc) is 2.76. The van der Waals surface area contributed by atoms with Crippen LogP contribution in [0.15, 0.2) is 36.4 Å². The highest BCUT2D eigenvalue weighted by atomic mass is 16.5. The molecule has 2 aromatic carbocycles. The van der Waals surface area contributed by atoms with Crippen molar-refractivity contribution in [3.63, 3.8) is 0 Å². The molecular formula is C22H28O8. The van der Waals surface area contributed by atoms with Crippen LogP contribution in [0.25, 0.3) is 0 Å². The highest BCUT2D eigenvalue weighted by Crippen LogP contribution is 2.30. The van der Waals surface area contributed by atoms with Crippen LogP contribution in [0.5, 0.6) is 23.0 Å². The summed E-state index contributed by atoms with van der Waals surface area (Å²) >= 11 is 0. The molecule has 0 aromatic heterocycles. The second kappa shape index (κ2) is 12.9. The summed E-state index contributed by atoms with van der Waals surface area (Å²) in [6.45, 7) is -0.250. The van der Waals surface area contributed by atoms with Crippen LogP contribution < -0.4 is 18.9 Å². The van der Waals surface area contributed by atoms with E-state index in [0.29, 0.717) is 42.3 Å². The first-order chi connectivity index (χ1) is 14.4. The lowest BCUT2D eigenvalue weighted by Gasteiger charge is -2.15. The van der Waals surface area contributed by atoms with E-state index in [9.17, 15) is 9.90 Å². The van der Waals surface area contributed by atoms with E-state index in [2.05, 4.69) is 0 Å². The zero-order valence-corrected chi connectivity index (χ0v) is 17.6. The Kier molecular flexibility index (Phi) is 10.6. The van der Waals surface area contributed by atoms with Crippen LogP contribution in [0.1, 0.15) is 17.5 Å². The van der Waals surface area contributed by atoms with E-state index in [1.165, 1.54) is 0 Å². The molecule has 2 N–H and O–H groups in total. The van der Waals surface area contributed by atoms with Crippen molar-refractivity contribution in [1.82, 2.24) is 0 Å². The van der Waals surface area contributed by atoms with Gasteiger partial charge in [-0.3, -0.25) is 9.59 Å².